The van der Waals surface area contributed by atoms with Gasteiger partial charge >= 0.3 is 0 Å². The molecule has 0 saturated carbocycles. The molecule has 0 spiro atoms. The second kappa shape index (κ2) is 10.1. The SMILES string of the molecule is CNC(=O)c1ccc(-c2ccc3c(c2)CN(c2nc(CN(C)C)nc4c2CC(C)(C)CC4)CCO3)cc1. The quantitative estimate of drug-likeness (QED) is 0.558. The molecule has 3 aromatic rings. The van der Waals surface area contributed by atoms with Gasteiger partial charge in [0.25, 0.3) is 5.91 Å². The molecule has 0 atom stereocenters. The zero-order valence-corrected chi connectivity index (χ0v) is 22.6. The van der Waals surface area contributed by atoms with Crippen LogP contribution in [0, 0.1) is 5.41 Å². The number of carbonyl (C=O) groups is 1. The Morgan fingerprint density at radius 3 is 2.59 bits per heavy atom. The largest absolute Gasteiger partial charge is 0.491 e. The van der Waals surface area contributed by atoms with E-state index in [1.54, 1.807) is 7.05 Å². The standard InChI is InChI=1S/C30H37N5O2/c1-30(2)13-12-25-24(17-30)28(33-27(32-25)19-34(4)5)35-14-15-37-26-11-10-22(16-23(26)18-35)20-6-8-21(9-7-20)29(36)31-3/h6-11,16H,12-15,17-19H2,1-5H3,(H,31,36). The van der Waals surface area contributed by atoms with Gasteiger partial charge in [0, 0.05) is 36.0 Å². The zero-order chi connectivity index (χ0) is 26.2. The van der Waals surface area contributed by atoms with Crippen LogP contribution >= 0.6 is 0 Å². The summed E-state index contributed by atoms with van der Waals surface area (Å²) in [4.78, 5) is 26.6. The van der Waals surface area contributed by atoms with Crippen LogP contribution in [0.3, 0.4) is 0 Å². The third-order valence-electron chi connectivity index (χ3n) is 7.32. The predicted molar refractivity (Wildman–Crippen MR) is 147 cm³/mol. The Kier molecular flexibility index (Phi) is 6.90. The summed E-state index contributed by atoms with van der Waals surface area (Å²) in [6.07, 6.45) is 3.13. The Morgan fingerprint density at radius 1 is 1.11 bits per heavy atom. The first-order chi connectivity index (χ1) is 17.7. The van der Waals surface area contributed by atoms with Crippen LogP contribution in [0.2, 0.25) is 0 Å². The van der Waals surface area contributed by atoms with Crippen molar-refractivity contribution in [1.82, 2.24) is 20.2 Å². The number of nitrogens with zero attached hydrogens (tertiary/aromatic N) is 4. The number of nitrogens with one attached hydrogen (secondary N) is 1. The average molecular weight is 500 g/mol. The molecule has 0 fully saturated rings. The number of fused-ring (bicyclic) bond motifs is 2. The van der Waals surface area contributed by atoms with E-state index >= 15 is 0 Å². The fourth-order valence-corrected chi connectivity index (χ4v) is 5.31. The number of ether oxygens (including phenoxy) is 1. The minimum absolute atomic E-state index is 0.0810. The number of aryl methyl sites for hydroxylation is 1. The van der Waals surface area contributed by atoms with Crippen molar-refractivity contribution in [2.24, 2.45) is 5.41 Å². The second-order valence-electron chi connectivity index (χ2n) is 11.2. The third kappa shape index (κ3) is 5.47. The molecule has 2 heterocycles. The molecule has 1 aromatic heterocycles. The van der Waals surface area contributed by atoms with Gasteiger partial charge in [0.2, 0.25) is 0 Å². The third-order valence-corrected chi connectivity index (χ3v) is 7.32. The van der Waals surface area contributed by atoms with Crippen molar-refractivity contribution in [2.75, 3.05) is 39.2 Å². The van der Waals surface area contributed by atoms with Crippen LogP contribution in [0.1, 0.15) is 53.3 Å². The number of benzene rings is 2. The molecule has 0 bridgehead atoms. The Labute approximate surface area is 219 Å². The molecule has 2 aliphatic rings. The van der Waals surface area contributed by atoms with Crippen molar-refractivity contribution in [3.63, 3.8) is 0 Å². The van der Waals surface area contributed by atoms with Crippen LogP contribution in [0.5, 0.6) is 5.75 Å². The number of hydrogen-bond donors (Lipinski definition) is 1. The van der Waals surface area contributed by atoms with E-state index in [1.807, 2.05) is 24.3 Å². The first-order valence-corrected chi connectivity index (χ1v) is 13.1. The van der Waals surface area contributed by atoms with E-state index in [4.69, 9.17) is 14.7 Å². The molecule has 0 saturated heterocycles. The Hall–Kier alpha value is -3.45. The van der Waals surface area contributed by atoms with Gasteiger partial charge in [-0.1, -0.05) is 32.0 Å². The summed E-state index contributed by atoms with van der Waals surface area (Å²) in [5.74, 6) is 2.78. The summed E-state index contributed by atoms with van der Waals surface area (Å²) in [6, 6.07) is 14.1. The minimum Gasteiger partial charge on any atom is -0.491 e. The summed E-state index contributed by atoms with van der Waals surface area (Å²) < 4.78 is 6.19. The monoisotopic (exact) mass is 499 g/mol. The fraction of sp³-hybridized carbons (Fsp3) is 0.433. The van der Waals surface area contributed by atoms with Gasteiger partial charge in [0.15, 0.2) is 0 Å². The van der Waals surface area contributed by atoms with E-state index in [1.165, 1.54) is 11.3 Å². The molecule has 2 aromatic carbocycles. The maximum absolute atomic E-state index is 11.9. The smallest absolute Gasteiger partial charge is 0.251 e. The highest BCUT2D eigenvalue weighted by Gasteiger charge is 2.31. The Morgan fingerprint density at radius 2 is 1.86 bits per heavy atom. The predicted octanol–water partition coefficient (Wildman–Crippen LogP) is 4.48. The van der Waals surface area contributed by atoms with E-state index in [0.717, 1.165) is 73.0 Å². The zero-order valence-electron chi connectivity index (χ0n) is 22.6. The number of aromatic nitrogens is 2. The molecule has 37 heavy (non-hydrogen) atoms. The van der Waals surface area contributed by atoms with E-state index in [-0.39, 0.29) is 11.3 Å². The number of hydrogen-bond acceptors (Lipinski definition) is 6. The van der Waals surface area contributed by atoms with Crippen LogP contribution in [0.15, 0.2) is 42.5 Å². The van der Waals surface area contributed by atoms with Gasteiger partial charge < -0.3 is 19.9 Å². The minimum atomic E-state index is -0.0810. The second-order valence-corrected chi connectivity index (χ2v) is 11.2. The molecular formula is C30H37N5O2. The lowest BCUT2D eigenvalue weighted by atomic mass is 9.76. The molecule has 7 heteroatoms. The maximum atomic E-state index is 11.9. The topological polar surface area (TPSA) is 70.6 Å². The van der Waals surface area contributed by atoms with Gasteiger partial charge in [-0.3, -0.25) is 4.79 Å². The molecule has 0 unspecified atom stereocenters. The van der Waals surface area contributed by atoms with Crippen LogP contribution < -0.4 is 15.0 Å². The summed E-state index contributed by atoms with van der Waals surface area (Å²) in [6.45, 7) is 7.52. The molecule has 0 radical (unpaired) electrons. The molecule has 1 aliphatic heterocycles. The van der Waals surface area contributed by atoms with E-state index in [9.17, 15) is 4.79 Å². The van der Waals surface area contributed by atoms with Crippen molar-refractivity contribution < 1.29 is 9.53 Å². The van der Waals surface area contributed by atoms with Crippen molar-refractivity contribution in [2.45, 2.75) is 46.2 Å². The highest BCUT2D eigenvalue weighted by atomic mass is 16.5. The molecule has 7 nitrogen and oxygen atoms in total. The first kappa shape index (κ1) is 25.2. The Bertz CT molecular complexity index is 1300. The molecule has 1 aliphatic carbocycles. The number of amides is 1. The van der Waals surface area contributed by atoms with E-state index < -0.39 is 0 Å². The number of rotatable bonds is 5. The van der Waals surface area contributed by atoms with Gasteiger partial charge in [-0.2, -0.15) is 0 Å². The lowest BCUT2D eigenvalue weighted by Gasteiger charge is -2.34. The van der Waals surface area contributed by atoms with Crippen molar-refractivity contribution in [1.29, 1.82) is 0 Å². The molecule has 194 valence electrons. The lowest BCUT2D eigenvalue weighted by molar-refractivity contribution is 0.0963. The fourth-order valence-electron chi connectivity index (χ4n) is 5.31. The normalized spacial score (nSPS) is 16.4. The van der Waals surface area contributed by atoms with Gasteiger partial charge in [-0.05, 0) is 74.2 Å². The van der Waals surface area contributed by atoms with Gasteiger partial charge in [0.05, 0.1) is 13.1 Å². The number of carbonyl (C=O) groups excluding carboxylic acids is 1. The van der Waals surface area contributed by atoms with Gasteiger partial charge in [0.1, 0.15) is 24.0 Å². The van der Waals surface area contributed by atoms with Crippen molar-refractivity contribution >= 4 is 11.7 Å². The molecular weight excluding hydrogens is 462 g/mol. The van der Waals surface area contributed by atoms with Crippen molar-refractivity contribution in [3.8, 4) is 16.9 Å². The van der Waals surface area contributed by atoms with E-state index in [2.05, 4.69) is 61.3 Å². The van der Waals surface area contributed by atoms with Gasteiger partial charge in [-0.25, -0.2) is 9.97 Å². The van der Waals surface area contributed by atoms with Crippen LogP contribution in [0.25, 0.3) is 11.1 Å². The summed E-state index contributed by atoms with van der Waals surface area (Å²) in [5.41, 5.74) is 6.71. The van der Waals surface area contributed by atoms with Crippen LogP contribution in [0.4, 0.5) is 5.82 Å². The molecule has 1 amide bonds. The summed E-state index contributed by atoms with van der Waals surface area (Å²) >= 11 is 0. The maximum Gasteiger partial charge on any atom is 0.251 e. The Balaban J connectivity index is 1.50. The summed E-state index contributed by atoms with van der Waals surface area (Å²) in [5, 5.41) is 2.68. The highest BCUT2D eigenvalue weighted by molar-refractivity contribution is 5.94. The first-order valence-electron chi connectivity index (χ1n) is 13.1. The molecule has 5 rings (SSSR count). The van der Waals surface area contributed by atoms with Gasteiger partial charge in [-0.15, -0.1) is 0 Å². The average Bonchev–Trinajstić information content (AvgIpc) is 3.09. The number of anilines is 1. The van der Waals surface area contributed by atoms with E-state index in [0.29, 0.717) is 12.2 Å². The summed E-state index contributed by atoms with van der Waals surface area (Å²) in [7, 11) is 5.77. The lowest BCUT2D eigenvalue weighted by Crippen LogP contribution is -2.32. The highest BCUT2D eigenvalue weighted by Crippen LogP contribution is 2.39. The van der Waals surface area contributed by atoms with Crippen LogP contribution in [-0.2, 0) is 25.9 Å². The van der Waals surface area contributed by atoms with Crippen molar-refractivity contribution in [3.05, 3.63) is 70.7 Å². The van der Waals surface area contributed by atoms with Crippen LogP contribution in [-0.4, -0.2) is 55.1 Å². The molecule has 1 N–H and O–H groups in total.